The minimum atomic E-state index is -2.77. The van der Waals surface area contributed by atoms with Crippen molar-refractivity contribution in [3.05, 3.63) is 35.4 Å². The lowest BCUT2D eigenvalue weighted by atomic mass is 10.1. The van der Waals surface area contributed by atoms with Crippen LogP contribution in [0.15, 0.2) is 24.3 Å². The Labute approximate surface area is 96.8 Å². The van der Waals surface area contributed by atoms with Gasteiger partial charge in [-0.2, -0.15) is 0 Å². The van der Waals surface area contributed by atoms with Gasteiger partial charge in [-0.3, -0.25) is 0 Å². The zero-order chi connectivity index (χ0) is 11.6. The van der Waals surface area contributed by atoms with E-state index < -0.39 is 9.84 Å². The summed E-state index contributed by atoms with van der Waals surface area (Å²) in [5, 5.41) is 3.29. The van der Waals surface area contributed by atoms with Gasteiger partial charge < -0.3 is 5.32 Å². The number of benzene rings is 1. The molecule has 1 saturated heterocycles. The Morgan fingerprint density at radius 1 is 1.31 bits per heavy atom. The number of rotatable bonds is 3. The highest BCUT2D eigenvalue weighted by atomic mass is 32.2. The Balaban J connectivity index is 1.87. The lowest BCUT2D eigenvalue weighted by molar-refractivity contribution is 0.554. The molecule has 3 nitrogen and oxygen atoms in total. The molecule has 1 aliphatic rings. The van der Waals surface area contributed by atoms with E-state index in [1.807, 2.05) is 0 Å². The summed E-state index contributed by atoms with van der Waals surface area (Å²) in [6, 6.07) is 8.42. The third kappa shape index (κ3) is 3.06. The second-order valence-electron chi connectivity index (χ2n) is 4.47. The first-order valence-corrected chi connectivity index (χ1v) is 7.37. The smallest absolute Gasteiger partial charge is 0.151 e. The van der Waals surface area contributed by atoms with Crippen molar-refractivity contribution in [3.8, 4) is 0 Å². The van der Waals surface area contributed by atoms with Crippen LogP contribution in [0.4, 0.5) is 0 Å². The van der Waals surface area contributed by atoms with Crippen molar-refractivity contribution in [2.75, 3.05) is 11.5 Å². The van der Waals surface area contributed by atoms with E-state index in [0.29, 0.717) is 11.5 Å². The van der Waals surface area contributed by atoms with Crippen LogP contribution in [0, 0.1) is 6.92 Å². The first-order chi connectivity index (χ1) is 7.55. The van der Waals surface area contributed by atoms with Crippen LogP contribution in [0.3, 0.4) is 0 Å². The first-order valence-electron chi connectivity index (χ1n) is 5.54. The molecule has 0 saturated carbocycles. The van der Waals surface area contributed by atoms with Crippen LogP contribution in [0.25, 0.3) is 0 Å². The van der Waals surface area contributed by atoms with Crippen LogP contribution < -0.4 is 5.32 Å². The van der Waals surface area contributed by atoms with Crippen LogP contribution in [0.2, 0.25) is 0 Å². The fourth-order valence-corrected chi connectivity index (χ4v) is 3.63. The van der Waals surface area contributed by atoms with Gasteiger partial charge in [0.1, 0.15) is 0 Å². The molecule has 0 aliphatic carbocycles. The predicted molar refractivity (Wildman–Crippen MR) is 65.1 cm³/mol. The van der Waals surface area contributed by atoms with Crippen molar-refractivity contribution in [2.24, 2.45) is 0 Å². The lowest BCUT2D eigenvalue weighted by Crippen LogP contribution is -2.29. The molecule has 0 bridgehead atoms. The van der Waals surface area contributed by atoms with Gasteiger partial charge in [-0.1, -0.05) is 29.8 Å². The average molecular weight is 239 g/mol. The van der Waals surface area contributed by atoms with Gasteiger partial charge >= 0.3 is 0 Å². The van der Waals surface area contributed by atoms with E-state index in [1.54, 1.807) is 0 Å². The number of hydrogen-bond acceptors (Lipinski definition) is 3. The van der Waals surface area contributed by atoms with E-state index in [0.717, 1.165) is 13.0 Å². The fraction of sp³-hybridized carbons (Fsp3) is 0.500. The van der Waals surface area contributed by atoms with E-state index >= 15 is 0 Å². The maximum absolute atomic E-state index is 11.3. The van der Waals surface area contributed by atoms with Crippen LogP contribution >= 0.6 is 0 Å². The van der Waals surface area contributed by atoms with Crippen molar-refractivity contribution in [2.45, 2.75) is 25.9 Å². The Kier molecular flexibility index (Phi) is 3.30. The molecule has 88 valence electrons. The SMILES string of the molecule is Cc1ccc(CN[C@H]2CCS(=O)(=O)C2)cc1. The van der Waals surface area contributed by atoms with E-state index in [1.165, 1.54) is 11.1 Å². The summed E-state index contributed by atoms with van der Waals surface area (Å²) in [5.41, 5.74) is 2.45. The van der Waals surface area contributed by atoms with Gasteiger partial charge in [0.2, 0.25) is 0 Å². The molecule has 0 spiro atoms. The van der Waals surface area contributed by atoms with Crippen molar-refractivity contribution in [1.29, 1.82) is 0 Å². The first kappa shape index (κ1) is 11.6. The quantitative estimate of drug-likeness (QED) is 0.864. The third-order valence-electron chi connectivity index (χ3n) is 2.95. The molecule has 0 radical (unpaired) electrons. The third-order valence-corrected chi connectivity index (χ3v) is 4.72. The zero-order valence-corrected chi connectivity index (χ0v) is 10.3. The summed E-state index contributed by atoms with van der Waals surface area (Å²) in [5.74, 6) is 0.622. The topological polar surface area (TPSA) is 46.2 Å². The highest BCUT2D eigenvalue weighted by molar-refractivity contribution is 7.91. The molecule has 4 heteroatoms. The predicted octanol–water partition coefficient (Wildman–Crippen LogP) is 1.27. The maximum Gasteiger partial charge on any atom is 0.151 e. The minimum Gasteiger partial charge on any atom is -0.309 e. The molecule has 1 atom stereocenters. The Hall–Kier alpha value is -0.870. The molecule has 16 heavy (non-hydrogen) atoms. The van der Waals surface area contributed by atoms with Gasteiger partial charge in [-0.05, 0) is 18.9 Å². The number of hydrogen-bond donors (Lipinski definition) is 1. The molecule has 0 unspecified atom stereocenters. The van der Waals surface area contributed by atoms with Gasteiger partial charge in [-0.15, -0.1) is 0 Å². The van der Waals surface area contributed by atoms with Gasteiger partial charge in [0.25, 0.3) is 0 Å². The van der Waals surface area contributed by atoms with Gasteiger partial charge in [0, 0.05) is 12.6 Å². The molecule has 1 N–H and O–H groups in total. The Bertz CT molecular complexity index is 450. The van der Waals surface area contributed by atoms with Crippen LogP contribution in [0.5, 0.6) is 0 Å². The van der Waals surface area contributed by atoms with Crippen LogP contribution in [-0.2, 0) is 16.4 Å². The Morgan fingerprint density at radius 2 is 2.00 bits per heavy atom. The average Bonchev–Trinajstić information content (AvgIpc) is 2.58. The summed E-state index contributed by atoms with van der Waals surface area (Å²) >= 11 is 0. The summed E-state index contributed by atoms with van der Waals surface area (Å²) in [7, 11) is -2.77. The molecule has 1 fully saturated rings. The van der Waals surface area contributed by atoms with Crippen molar-refractivity contribution in [3.63, 3.8) is 0 Å². The summed E-state index contributed by atoms with van der Waals surface area (Å²) in [4.78, 5) is 0. The fourth-order valence-electron chi connectivity index (χ4n) is 1.92. The number of aryl methyl sites for hydroxylation is 1. The molecule has 1 aromatic rings. The summed E-state index contributed by atoms with van der Waals surface area (Å²) < 4.78 is 22.5. The molecule has 1 aliphatic heterocycles. The van der Waals surface area contributed by atoms with E-state index in [4.69, 9.17) is 0 Å². The summed E-state index contributed by atoms with van der Waals surface area (Å²) in [6.45, 7) is 2.81. The van der Waals surface area contributed by atoms with Gasteiger partial charge in [0.15, 0.2) is 9.84 Å². The molecule has 1 heterocycles. The van der Waals surface area contributed by atoms with Crippen LogP contribution in [-0.4, -0.2) is 26.0 Å². The molecular formula is C12H17NO2S. The Morgan fingerprint density at radius 3 is 2.56 bits per heavy atom. The lowest BCUT2D eigenvalue weighted by Gasteiger charge is -2.10. The maximum atomic E-state index is 11.3. The van der Waals surface area contributed by atoms with Crippen molar-refractivity contribution in [1.82, 2.24) is 5.32 Å². The van der Waals surface area contributed by atoms with Gasteiger partial charge in [-0.25, -0.2) is 8.42 Å². The largest absolute Gasteiger partial charge is 0.309 e. The number of nitrogens with one attached hydrogen (secondary N) is 1. The standard InChI is InChI=1S/C12H17NO2S/c1-10-2-4-11(5-3-10)8-13-12-6-7-16(14,15)9-12/h2-5,12-13H,6-9H2,1H3/t12-/m0/s1. The second-order valence-corrected chi connectivity index (χ2v) is 6.70. The highest BCUT2D eigenvalue weighted by Gasteiger charge is 2.27. The second kappa shape index (κ2) is 4.55. The molecular weight excluding hydrogens is 222 g/mol. The van der Waals surface area contributed by atoms with E-state index in [9.17, 15) is 8.42 Å². The van der Waals surface area contributed by atoms with Crippen molar-refractivity contribution >= 4 is 9.84 Å². The molecule has 0 aromatic heterocycles. The summed E-state index contributed by atoms with van der Waals surface area (Å²) in [6.07, 6.45) is 0.744. The van der Waals surface area contributed by atoms with E-state index in [2.05, 4.69) is 36.5 Å². The molecule has 1 aromatic carbocycles. The van der Waals surface area contributed by atoms with Crippen LogP contribution in [0.1, 0.15) is 17.5 Å². The molecule has 0 amide bonds. The highest BCUT2D eigenvalue weighted by Crippen LogP contribution is 2.12. The van der Waals surface area contributed by atoms with Gasteiger partial charge in [0.05, 0.1) is 11.5 Å². The normalized spacial score (nSPS) is 23.4. The monoisotopic (exact) mass is 239 g/mol. The molecule has 2 rings (SSSR count). The van der Waals surface area contributed by atoms with E-state index in [-0.39, 0.29) is 6.04 Å². The van der Waals surface area contributed by atoms with Crippen molar-refractivity contribution < 1.29 is 8.42 Å². The number of sulfone groups is 1. The minimum absolute atomic E-state index is 0.131. The zero-order valence-electron chi connectivity index (χ0n) is 9.44.